The van der Waals surface area contributed by atoms with Gasteiger partial charge in [0, 0.05) is 43.4 Å². The first-order chi connectivity index (χ1) is 18.4. The van der Waals surface area contributed by atoms with Gasteiger partial charge in [0.1, 0.15) is 12.4 Å². The fourth-order valence-corrected chi connectivity index (χ4v) is 4.58. The number of halogens is 2. The van der Waals surface area contributed by atoms with E-state index in [1.54, 1.807) is 18.2 Å². The minimum absolute atomic E-state index is 0.0376. The van der Waals surface area contributed by atoms with Crippen LogP contribution in [0.25, 0.3) is 22.3 Å². The molecule has 0 spiro atoms. The van der Waals surface area contributed by atoms with Gasteiger partial charge in [0.25, 0.3) is 5.91 Å². The van der Waals surface area contributed by atoms with Crippen LogP contribution in [-0.4, -0.2) is 48.6 Å². The van der Waals surface area contributed by atoms with Crippen molar-refractivity contribution >= 4 is 57.4 Å². The number of benzene rings is 3. The SMILES string of the molecule is COCC(=O)NCc1ccc(Cl)c(C(=O)Nc2ccc3c(N4CCC4)nc(-c4ccccc4Cl)nc3c2)c1. The number of amides is 2. The molecule has 5 rings (SSSR count). The number of aromatic nitrogens is 2. The van der Waals surface area contributed by atoms with Gasteiger partial charge in [-0.3, -0.25) is 9.59 Å². The van der Waals surface area contributed by atoms with Crippen molar-refractivity contribution in [3.05, 3.63) is 81.8 Å². The molecule has 1 fully saturated rings. The van der Waals surface area contributed by atoms with Gasteiger partial charge in [0.05, 0.1) is 21.1 Å². The average molecular weight is 550 g/mol. The molecule has 38 heavy (non-hydrogen) atoms. The van der Waals surface area contributed by atoms with Gasteiger partial charge in [-0.05, 0) is 54.4 Å². The van der Waals surface area contributed by atoms with E-state index in [4.69, 9.17) is 37.9 Å². The van der Waals surface area contributed by atoms with Gasteiger partial charge in [-0.25, -0.2) is 9.97 Å². The van der Waals surface area contributed by atoms with Gasteiger partial charge in [-0.2, -0.15) is 0 Å². The monoisotopic (exact) mass is 549 g/mol. The van der Waals surface area contributed by atoms with E-state index in [9.17, 15) is 9.59 Å². The Morgan fingerprint density at radius 3 is 2.55 bits per heavy atom. The number of rotatable bonds is 8. The topological polar surface area (TPSA) is 96.4 Å². The number of nitrogens with one attached hydrogen (secondary N) is 2. The summed E-state index contributed by atoms with van der Waals surface area (Å²) in [7, 11) is 1.45. The minimum Gasteiger partial charge on any atom is -0.375 e. The van der Waals surface area contributed by atoms with Crippen LogP contribution in [0.3, 0.4) is 0 Å². The first-order valence-corrected chi connectivity index (χ1v) is 12.9. The molecule has 2 heterocycles. The van der Waals surface area contributed by atoms with Crippen molar-refractivity contribution in [2.24, 2.45) is 0 Å². The summed E-state index contributed by atoms with van der Waals surface area (Å²) in [6, 6.07) is 18.1. The standard InChI is InChI=1S/C28H25Cl2N5O3/c1-38-16-25(36)31-15-17-7-10-23(30)21(13-17)28(37)32-18-8-9-20-24(14-18)33-26(19-5-2-3-6-22(19)29)34-27(20)35-11-4-12-35/h2-3,5-10,13-14H,4,11-12,15-16H2,1H3,(H,31,36)(H,32,37). The highest BCUT2D eigenvalue weighted by molar-refractivity contribution is 6.34. The summed E-state index contributed by atoms with van der Waals surface area (Å²) in [4.78, 5) is 36.7. The third-order valence-electron chi connectivity index (χ3n) is 6.25. The van der Waals surface area contributed by atoms with Crippen molar-refractivity contribution in [1.29, 1.82) is 0 Å². The Morgan fingerprint density at radius 2 is 1.82 bits per heavy atom. The van der Waals surface area contributed by atoms with Crippen LogP contribution < -0.4 is 15.5 Å². The van der Waals surface area contributed by atoms with E-state index >= 15 is 0 Å². The van der Waals surface area contributed by atoms with Crippen molar-refractivity contribution in [3.63, 3.8) is 0 Å². The molecule has 0 atom stereocenters. The molecule has 1 aliphatic rings. The Bertz CT molecular complexity index is 1520. The lowest BCUT2D eigenvalue weighted by molar-refractivity contribution is -0.124. The molecule has 0 unspecified atom stereocenters. The van der Waals surface area contributed by atoms with E-state index in [2.05, 4.69) is 15.5 Å². The molecule has 0 bridgehead atoms. The van der Waals surface area contributed by atoms with E-state index in [1.165, 1.54) is 7.11 Å². The van der Waals surface area contributed by atoms with E-state index in [0.29, 0.717) is 32.6 Å². The van der Waals surface area contributed by atoms with Crippen LogP contribution >= 0.6 is 23.2 Å². The highest BCUT2D eigenvalue weighted by atomic mass is 35.5. The number of methoxy groups -OCH3 is 1. The Balaban J connectivity index is 1.44. The number of anilines is 2. The highest BCUT2D eigenvalue weighted by Gasteiger charge is 2.21. The maximum absolute atomic E-state index is 13.2. The molecule has 2 amide bonds. The largest absolute Gasteiger partial charge is 0.375 e. The smallest absolute Gasteiger partial charge is 0.257 e. The van der Waals surface area contributed by atoms with Crippen molar-refractivity contribution in [3.8, 4) is 11.4 Å². The van der Waals surface area contributed by atoms with Crippen LogP contribution in [-0.2, 0) is 16.1 Å². The lowest BCUT2D eigenvalue weighted by Crippen LogP contribution is -2.37. The summed E-state index contributed by atoms with van der Waals surface area (Å²) in [5, 5.41) is 7.42. The van der Waals surface area contributed by atoms with Gasteiger partial charge in [-0.1, -0.05) is 41.4 Å². The van der Waals surface area contributed by atoms with E-state index in [-0.39, 0.29) is 25.0 Å². The fourth-order valence-electron chi connectivity index (χ4n) is 4.16. The number of carbonyl (C=O) groups is 2. The Morgan fingerprint density at radius 1 is 1.00 bits per heavy atom. The molecule has 3 aromatic carbocycles. The lowest BCUT2D eigenvalue weighted by Gasteiger charge is -2.33. The highest BCUT2D eigenvalue weighted by Crippen LogP contribution is 2.33. The zero-order chi connectivity index (χ0) is 26.6. The second-order valence-corrected chi connectivity index (χ2v) is 9.72. The maximum atomic E-state index is 13.2. The van der Waals surface area contributed by atoms with Crippen molar-refractivity contribution in [1.82, 2.24) is 15.3 Å². The molecule has 1 aliphatic heterocycles. The van der Waals surface area contributed by atoms with Crippen LogP contribution in [0.1, 0.15) is 22.3 Å². The Labute approximate surface area is 229 Å². The average Bonchev–Trinajstić information content (AvgIpc) is 2.87. The number of nitrogens with zero attached hydrogens (tertiary/aromatic N) is 3. The Kier molecular flexibility index (Phi) is 7.74. The van der Waals surface area contributed by atoms with Crippen molar-refractivity contribution in [2.45, 2.75) is 13.0 Å². The summed E-state index contributed by atoms with van der Waals surface area (Å²) in [5.41, 5.74) is 3.03. The normalized spacial score (nSPS) is 12.8. The minimum atomic E-state index is -0.372. The molecule has 0 aliphatic carbocycles. The van der Waals surface area contributed by atoms with Crippen molar-refractivity contribution in [2.75, 3.05) is 37.0 Å². The number of hydrogen-bond donors (Lipinski definition) is 2. The summed E-state index contributed by atoms with van der Waals surface area (Å²) in [5.74, 6) is 0.753. The summed E-state index contributed by atoms with van der Waals surface area (Å²) >= 11 is 12.8. The quantitative estimate of drug-likeness (QED) is 0.308. The molecule has 8 nitrogen and oxygen atoms in total. The molecule has 0 saturated carbocycles. The van der Waals surface area contributed by atoms with Crippen molar-refractivity contribution < 1.29 is 14.3 Å². The summed E-state index contributed by atoms with van der Waals surface area (Å²) < 4.78 is 4.82. The fraction of sp³-hybridized carbons (Fsp3) is 0.214. The molecule has 0 radical (unpaired) electrons. The number of carbonyl (C=O) groups excluding carboxylic acids is 2. The van der Waals surface area contributed by atoms with Gasteiger partial charge in [-0.15, -0.1) is 0 Å². The van der Waals surface area contributed by atoms with Crippen LogP contribution in [0.4, 0.5) is 11.5 Å². The Hall–Kier alpha value is -3.72. The number of fused-ring (bicyclic) bond motifs is 1. The molecule has 2 N–H and O–H groups in total. The number of hydrogen-bond acceptors (Lipinski definition) is 6. The van der Waals surface area contributed by atoms with E-state index < -0.39 is 0 Å². The first-order valence-electron chi connectivity index (χ1n) is 12.1. The van der Waals surface area contributed by atoms with Gasteiger partial charge < -0.3 is 20.3 Å². The lowest BCUT2D eigenvalue weighted by atomic mass is 10.1. The molecule has 1 aromatic heterocycles. The molecule has 1 saturated heterocycles. The summed E-state index contributed by atoms with van der Waals surface area (Å²) in [6.45, 7) is 2.06. The van der Waals surface area contributed by atoms with Crippen LogP contribution in [0.2, 0.25) is 10.0 Å². The zero-order valence-electron chi connectivity index (χ0n) is 20.6. The van der Waals surface area contributed by atoms with E-state index in [1.807, 2.05) is 42.5 Å². The van der Waals surface area contributed by atoms with Gasteiger partial charge in [0.2, 0.25) is 5.91 Å². The summed E-state index contributed by atoms with van der Waals surface area (Å²) in [6.07, 6.45) is 1.11. The molecule has 4 aromatic rings. The molecular weight excluding hydrogens is 525 g/mol. The number of ether oxygens (including phenoxy) is 1. The van der Waals surface area contributed by atoms with Crippen LogP contribution in [0, 0.1) is 0 Å². The molecule has 10 heteroatoms. The second-order valence-electron chi connectivity index (χ2n) is 8.90. The van der Waals surface area contributed by atoms with Crippen LogP contribution in [0.15, 0.2) is 60.7 Å². The van der Waals surface area contributed by atoms with E-state index in [0.717, 1.165) is 41.8 Å². The maximum Gasteiger partial charge on any atom is 0.257 e. The predicted molar refractivity (Wildman–Crippen MR) is 150 cm³/mol. The molecule has 194 valence electrons. The third kappa shape index (κ3) is 5.57. The van der Waals surface area contributed by atoms with Gasteiger partial charge >= 0.3 is 0 Å². The first kappa shape index (κ1) is 25.9. The second kappa shape index (κ2) is 11.3. The third-order valence-corrected chi connectivity index (χ3v) is 6.90. The zero-order valence-corrected chi connectivity index (χ0v) is 22.1. The van der Waals surface area contributed by atoms with Gasteiger partial charge in [0.15, 0.2) is 5.82 Å². The van der Waals surface area contributed by atoms with Crippen LogP contribution in [0.5, 0.6) is 0 Å². The molecular formula is C28H25Cl2N5O3. The predicted octanol–water partition coefficient (Wildman–Crippen LogP) is 5.33.